The molecule has 0 amide bonds. The maximum Gasteiger partial charge on any atom is 0.213 e. The summed E-state index contributed by atoms with van der Waals surface area (Å²) < 4.78 is 5.48. The van der Waals surface area contributed by atoms with Crippen LogP contribution in [0, 0.1) is 0 Å². The van der Waals surface area contributed by atoms with Crippen LogP contribution in [0.4, 0.5) is 0 Å². The van der Waals surface area contributed by atoms with Crippen LogP contribution in [0.25, 0.3) is 0 Å². The molecule has 1 aromatic heterocycles. The summed E-state index contributed by atoms with van der Waals surface area (Å²) in [7, 11) is 0. The van der Waals surface area contributed by atoms with E-state index in [0.29, 0.717) is 6.10 Å². The Morgan fingerprint density at radius 2 is 2.36 bits per heavy atom. The molecular formula is C8H10N2O. The molecule has 1 saturated heterocycles. The first-order chi connectivity index (χ1) is 5.45. The van der Waals surface area contributed by atoms with Gasteiger partial charge < -0.3 is 10.1 Å². The molecule has 0 spiro atoms. The van der Waals surface area contributed by atoms with Crippen molar-refractivity contribution in [3.63, 3.8) is 0 Å². The molecule has 3 nitrogen and oxygen atoms in total. The van der Waals surface area contributed by atoms with Gasteiger partial charge in [0.1, 0.15) is 6.10 Å². The van der Waals surface area contributed by atoms with Crippen LogP contribution in [0.2, 0.25) is 0 Å². The minimum absolute atomic E-state index is 0.324. The van der Waals surface area contributed by atoms with Crippen molar-refractivity contribution in [2.75, 3.05) is 13.1 Å². The second kappa shape index (κ2) is 2.88. The average Bonchev–Trinajstić information content (AvgIpc) is 1.99. The van der Waals surface area contributed by atoms with Crippen molar-refractivity contribution in [1.82, 2.24) is 10.3 Å². The first-order valence-corrected chi connectivity index (χ1v) is 3.73. The second-order valence-electron chi connectivity index (χ2n) is 2.57. The summed E-state index contributed by atoms with van der Waals surface area (Å²) >= 11 is 0. The van der Waals surface area contributed by atoms with Crippen molar-refractivity contribution < 1.29 is 4.74 Å². The first kappa shape index (κ1) is 6.61. The fraction of sp³-hybridized carbons (Fsp3) is 0.375. The fourth-order valence-electron chi connectivity index (χ4n) is 0.933. The smallest absolute Gasteiger partial charge is 0.213 e. The zero-order valence-corrected chi connectivity index (χ0v) is 6.16. The highest BCUT2D eigenvalue weighted by Crippen LogP contribution is 2.08. The average molecular weight is 150 g/mol. The van der Waals surface area contributed by atoms with E-state index in [0.717, 1.165) is 19.0 Å². The maximum atomic E-state index is 5.48. The summed E-state index contributed by atoms with van der Waals surface area (Å²) in [4.78, 5) is 4.05. The third-order valence-corrected chi connectivity index (χ3v) is 1.67. The Morgan fingerprint density at radius 3 is 2.91 bits per heavy atom. The van der Waals surface area contributed by atoms with Crippen LogP contribution in [0.5, 0.6) is 5.88 Å². The van der Waals surface area contributed by atoms with E-state index in [4.69, 9.17) is 4.74 Å². The predicted octanol–water partition coefficient (Wildman–Crippen LogP) is 0.432. The van der Waals surface area contributed by atoms with Crippen molar-refractivity contribution in [3.8, 4) is 5.88 Å². The summed E-state index contributed by atoms with van der Waals surface area (Å²) in [6.07, 6.45) is 2.06. The third-order valence-electron chi connectivity index (χ3n) is 1.67. The number of nitrogens with zero attached hydrogens (tertiary/aromatic N) is 1. The second-order valence-corrected chi connectivity index (χ2v) is 2.57. The van der Waals surface area contributed by atoms with Gasteiger partial charge in [-0.1, -0.05) is 6.07 Å². The van der Waals surface area contributed by atoms with Crippen molar-refractivity contribution >= 4 is 0 Å². The van der Waals surface area contributed by atoms with Crippen molar-refractivity contribution in [3.05, 3.63) is 24.4 Å². The molecule has 1 aliphatic heterocycles. The van der Waals surface area contributed by atoms with Gasteiger partial charge in [-0.2, -0.15) is 0 Å². The van der Waals surface area contributed by atoms with Crippen LogP contribution in [-0.4, -0.2) is 24.2 Å². The monoisotopic (exact) mass is 150 g/mol. The van der Waals surface area contributed by atoms with Crippen LogP contribution >= 0.6 is 0 Å². The Morgan fingerprint density at radius 1 is 1.45 bits per heavy atom. The summed E-state index contributed by atoms with van der Waals surface area (Å²) in [5.74, 6) is 0.721. The molecule has 0 bridgehead atoms. The molecule has 0 radical (unpaired) electrons. The van der Waals surface area contributed by atoms with Gasteiger partial charge in [0.15, 0.2) is 0 Å². The number of rotatable bonds is 2. The lowest BCUT2D eigenvalue weighted by molar-refractivity contribution is 0.136. The molecule has 0 aliphatic carbocycles. The third kappa shape index (κ3) is 1.49. The van der Waals surface area contributed by atoms with Gasteiger partial charge in [-0.25, -0.2) is 4.98 Å². The van der Waals surface area contributed by atoms with Crippen LogP contribution in [0.1, 0.15) is 0 Å². The molecule has 1 aliphatic rings. The molecule has 1 aromatic rings. The minimum Gasteiger partial charge on any atom is -0.472 e. The molecule has 0 unspecified atom stereocenters. The van der Waals surface area contributed by atoms with E-state index in [1.165, 1.54) is 0 Å². The highest BCUT2D eigenvalue weighted by molar-refractivity contribution is 5.10. The zero-order chi connectivity index (χ0) is 7.52. The van der Waals surface area contributed by atoms with Gasteiger partial charge >= 0.3 is 0 Å². The van der Waals surface area contributed by atoms with Gasteiger partial charge in [0, 0.05) is 25.4 Å². The summed E-state index contributed by atoms with van der Waals surface area (Å²) in [6.45, 7) is 1.88. The largest absolute Gasteiger partial charge is 0.472 e. The van der Waals surface area contributed by atoms with E-state index < -0.39 is 0 Å². The molecule has 1 fully saturated rings. The highest BCUT2D eigenvalue weighted by atomic mass is 16.5. The maximum absolute atomic E-state index is 5.48. The van der Waals surface area contributed by atoms with E-state index in [1.807, 2.05) is 18.2 Å². The Balaban J connectivity index is 1.95. The quantitative estimate of drug-likeness (QED) is 0.664. The van der Waals surface area contributed by atoms with Gasteiger partial charge in [-0.15, -0.1) is 0 Å². The first-order valence-electron chi connectivity index (χ1n) is 3.73. The van der Waals surface area contributed by atoms with Gasteiger partial charge in [0.05, 0.1) is 0 Å². The Hall–Kier alpha value is -1.09. The Bertz CT molecular complexity index is 221. The molecule has 2 heterocycles. The van der Waals surface area contributed by atoms with Gasteiger partial charge in [-0.3, -0.25) is 0 Å². The lowest BCUT2D eigenvalue weighted by Gasteiger charge is -2.26. The molecule has 58 valence electrons. The van der Waals surface area contributed by atoms with E-state index >= 15 is 0 Å². The number of hydrogen-bond acceptors (Lipinski definition) is 3. The number of pyridine rings is 1. The van der Waals surface area contributed by atoms with Crippen LogP contribution < -0.4 is 10.1 Å². The number of nitrogens with one attached hydrogen (secondary N) is 1. The standard InChI is InChI=1S/C8H10N2O/c1-2-4-10-8(3-1)11-7-5-9-6-7/h1-4,7,9H,5-6H2. The normalized spacial score (nSPS) is 17.5. The fourth-order valence-corrected chi connectivity index (χ4v) is 0.933. The number of ether oxygens (including phenoxy) is 1. The SMILES string of the molecule is c1ccc(OC2CNC2)nc1. The summed E-state index contributed by atoms with van der Waals surface area (Å²) in [5.41, 5.74) is 0. The molecule has 0 saturated carbocycles. The Kier molecular flexibility index (Phi) is 1.73. The number of aromatic nitrogens is 1. The van der Waals surface area contributed by atoms with Crippen molar-refractivity contribution in [2.24, 2.45) is 0 Å². The van der Waals surface area contributed by atoms with Crippen molar-refractivity contribution in [1.29, 1.82) is 0 Å². The summed E-state index contributed by atoms with van der Waals surface area (Å²) in [6, 6.07) is 5.68. The molecule has 0 aromatic carbocycles. The lowest BCUT2D eigenvalue weighted by Crippen LogP contribution is -2.50. The number of hydrogen-bond donors (Lipinski definition) is 1. The van der Waals surface area contributed by atoms with E-state index in [-0.39, 0.29) is 0 Å². The van der Waals surface area contributed by atoms with Gasteiger partial charge in [-0.05, 0) is 6.07 Å². The van der Waals surface area contributed by atoms with E-state index in [2.05, 4.69) is 10.3 Å². The molecule has 2 rings (SSSR count). The minimum atomic E-state index is 0.324. The lowest BCUT2D eigenvalue weighted by atomic mass is 10.2. The molecule has 1 N–H and O–H groups in total. The zero-order valence-electron chi connectivity index (χ0n) is 6.16. The highest BCUT2D eigenvalue weighted by Gasteiger charge is 2.18. The molecule has 0 atom stereocenters. The topological polar surface area (TPSA) is 34.1 Å². The summed E-state index contributed by atoms with van der Waals surface area (Å²) in [5, 5.41) is 3.13. The molecule has 3 heteroatoms. The van der Waals surface area contributed by atoms with E-state index in [9.17, 15) is 0 Å². The van der Waals surface area contributed by atoms with Gasteiger partial charge in [0.2, 0.25) is 5.88 Å². The predicted molar refractivity (Wildman–Crippen MR) is 41.5 cm³/mol. The van der Waals surface area contributed by atoms with Crippen molar-refractivity contribution in [2.45, 2.75) is 6.10 Å². The van der Waals surface area contributed by atoms with Crippen LogP contribution in [0.3, 0.4) is 0 Å². The van der Waals surface area contributed by atoms with E-state index in [1.54, 1.807) is 6.20 Å². The molecular weight excluding hydrogens is 140 g/mol. The van der Waals surface area contributed by atoms with Gasteiger partial charge in [0.25, 0.3) is 0 Å². The molecule has 11 heavy (non-hydrogen) atoms. The van der Waals surface area contributed by atoms with Crippen LogP contribution in [0.15, 0.2) is 24.4 Å². The Labute approximate surface area is 65.4 Å². The van der Waals surface area contributed by atoms with Crippen LogP contribution in [-0.2, 0) is 0 Å².